The van der Waals surface area contributed by atoms with Crippen LogP contribution in [-0.4, -0.2) is 0 Å². The van der Waals surface area contributed by atoms with Crippen molar-refractivity contribution in [2.24, 2.45) is 0 Å². The third kappa shape index (κ3) is 15.2. The molecule has 0 bridgehead atoms. The van der Waals surface area contributed by atoms with Crippen LogP contribution in [0, 0.1) is 54.3 Å². The van der Waals surface area contributed by atoms with E-state index in [2.05, 4.69) is 256 Å². The molecule has 0 saturated carbocycles. The Morgan fingerprint density at radius 2 is 0.462 bits per heavy atom. The first-order chi connectivity index (χ1) is 45.4. The molecule has 0 spiro atoms. The maximum atomic E-state index is 12.8. The van der Waals surface area contributed by atoms with Gasteiger partial charge in [-0.1, -0.05) is 166 Å². The summed E-state index contributed by atoms with van der Waals surface area (Å²) in [6.07, 6.45) is 8.33. The van der Waals surface area contributed by atoms with Gasteiger partial charge in [0.25, 0.3) is 0 Å². The van der Waals surface area contributed by atoms with Crippen molar-refractivity contribution in [1.82, 2.24) is 0 Å². The molecular formula is C90H69F3. The molecule has 14 rings (SSSR count). The van der Waals surface area contributed by atoms with E-state index in [1.54, 1.807) is 0 Å². The number of benzene rings is 14. The molecule has 14 aromatic carbocycles. The van der Waals surface area contributed by atoms with Crippen LogP contribution in [0.15, 0.2) is 243 Å². The fourth-order valence-electron chi connectivity index (χ4n) is 12.3. The Morgan fingerprint density at radius 1 is 0.237 bits per heavy atom. The van der Waals surface area contributed by atoms with Gasteiger partial charge in [-0.3, -0.25) is 0 Å². The van der Waals surface area contributed by atoms with Crippen LogP contribution >= 0.6 is 0 Å². The molecule has 0 fully saturated rings. The fourth-order valence-corrected chi connectivity index (χ4v) is 12.3. The van der Waals surface area contributed by atoms with Crippen LogP contribution in [0.5, 0.6) is 0 Å². The molecule has 0 atom stereocenters. The van der Waals surface area contributed by atoms with E-state index >= 15 is 0 Å². The summed E-state index contributed by atoms with van der Waals surface area (Å²) in [6, 6.07) is 83.4. The minimum atomic E-state index is -4.35. The lowest BCUT2D eigenvalue weighted by Gasteiger charge is -2.08. The van der Waals surface area contributed by atoms with Crippen molar-refractivity contribution < 1.29 is 13.2 Å². The molecule has 0 aliphatic heterocycles. The number of halogens is 3. The highest BCUT2D eigenvalue weighted by atomic mass is 19.4. The van der Waals surface area contributed by atoms with Crippen LogP contribution in [0.25, 0.3) is 86.2 Å². The van der Waals surface area contributed by atoms with E-state index in [-0.39, 0.29) is 0 Å². The Labute approximate surface area is 544 Å². The Bertz CT molecular complexity index is 5210. The standard InChI is InChI=1S/C50H46.C40H23F3/c1-3-5-7-9-11-37-13-17-39(18-14-37)21-23-41-25-27-43-31-47-36-50-34-46-30-42(24-22-40-19-15-38(16-20-40)12-10-8-6-4-2)26-28-44(46)32-48(50)35-49(47)33-45(43)29-41;1-26-2-4-27(5-3-26)6-8-29-10-14-31-20-35-25-38-23-34-19-30(9-7-28-12-16-39(17-13-28)40(41,42)43)11-15-32(34)21-36(38)24-37(35)22-33(31)18-29/h13-20,25-36H,3-12H2,1-2H3;2-5,10-25H,1H3. The topological polar surface area (TPSA) is 0 Å². The number of fused-ring (bicyclic) bond motifs is 8. The Morgan fingerprint density at radius 3 is 0.731 bits per heavy atom. The maximum Gasteiger partial charge on any atom is 0.416 e. The first-order valence-electron chi connectivity index (χ1n) is 32.6. The van der Waals surface area contributed by atoms with Crippen LogP contribution in [0.1, 0.15) is 132 Å². The number of hydrogen-bond donors (Lipinski definition) is 0. The van der Waals surface area contributed by atoms with E-state index in [1.807, 2.05) is 30.3 Å². The van der Waals surface area contributed by atoms with Crippen molar-refractivity contribution in [3.05, 3.63) is 309 Å². The van der Waals surface area contributed by atoms with E-state index in [0.717, 1.165) is 102 Å². The lowest BCUT2D eigenvalue weighted by molar-refractivity contribution is -0.137. The minimum Gasteiger partial charge on any atom is -0.166 e. The van der Waals surface area contributed by atoms with Gasteiger partial charge in [0.05, 0.1) is 5.56 Å². The molecule has 0 radical (unpaired) electrons. The van der Waals surface area contributed by atoms with Crippen LogP contribution < -0.4 is 0 Å². The molecule has 0 N–H and O–H groups in total. The molecular weight excluding hydrogens is 1140 g/mol. The minimum absolute atomic E-state index is 0.538. The normalized spacial score (nSPS) is 11.2. The zero-order chi connectivity index (χ0) is 63.7. The van der Waals surface area contributed by atoms with Crippen molar-refractivity contribution >= 4 is 86.2 Å². The Kier molecular flexibility index (Phi) is 18.2. The van der Waals surface area contributed by atoms with Gasteiger partial charge in [-0.15, -0.1) is 0 Å². The number of unbranched alkanes of at least 4 members (excludes halogenated alkanes) is 6. The highest BCUT2D eigenvalue weighted by molar-refractivity contribution is 6.10. The molecule has 3 heteroatoms. The molecule has 450 valence electrons. The summed E-state index contributed by atoms with van der Waals surface area (Å²) < 4.78 is 38.5. The Hall–Kier alpha value is -10.8. The molecule has 0 heterocycles. The van der Waals surface area contributed by atoms with Gasteiger partial charge in [0, 0.05) is 44.5 Å². The van der Waals surface area contributed by atoms with Crippen molar-refractivity contribution in [3.8, 4) is 47.4 Å². The van der Waals surface area contributed by atoms with Gasteiger partial charge in [0.15, 0.2) is 0 Å². The van der Waals surface area contributed by atoms with Gasteiger partial charge in [-0.2, -0.15) is 13.2 Å². The highest BCUT2D eigenvalue weighted by Gasteiger charge is 2.30. The van der Waals surface area contributed by atoms with Gasteiger partial charge in [0.1, 0.15) is 0 Å². The number of hydrogen-bond acceptors (Lipinski definition) is 0. The Balaban J connectivity index is 0.000000171. The summed E-state index contributed by atoms with van der Waals surface area (Å²) in [5.74, 6) is 26.2. The first-order valence-corrected chi connectivity index (χ1v) is 32.6. The molecule has 93 heavy (non-hydrogen) atoms. The third-order valence-electron chi connectivity index (χ3n) is 17.6. The highest BCUT2D eigenvalue weighted by Crippen LogP contribution is 2.34. The summed E-state index contributed by atoms with van der Waals surface area (Å²) in [4.78, 5) is 0. The quantitative estimate of drug-likeness (QED) is 0.0727. The SMILES string of the molecule is CCCCCCc1ccc(C#Cc2ccc3cc4cc5cc6cc(C#Cc7ccc(CCCCCC)cc7)ccc6cc5cc4cc3c2)cc1.Cc1ccc(C#Cc2ccc3cc4cc5cc6cc(C#Cc7ccc(C(F)(F)F)cc7)ccc6cc5cc4cc3c2)cc1. The van der Waals surface area contributed by atoms with Crippen molar-refractivity contribution in [2.75, 3.05) is 0 Å². The van der Waals surface area contributed by atoms with E-state index in [0.29, 0.717) is 5.56 Å². The number of rotatable bonds is 10. The average Bonchev–Trinajstić information content (AvgIpc) is 1.65. The van der Waals surface area contributed by atoms with Gasteiger partial charge >= 0.3 is 6.18 Å². The van der Waals surface area contributed by atoms with Crippen molar-refractivity contribution in [1.29, 1.82) is 0 Å². The van der Waals surface area contributed by atoms with E-state index in [9.17, 15) is 13.2 Å². The van der Waals surface area contributed by atoms with Gasteiger partial charge in [-0.25, -0.2) is 0 Å². The van der Waals surface area contributed by atoms with Gasteiger partial charge < -0.3 is 0 Å². The van der Waals surface area contributed by atoms with Gasteiger partial charge in [0.2, 0.25) is 0 Å². The number of aryl methyl sites for hydroxylation is 3. The third-order valence-corrected chi connectivity index (χ3v) is 17.6. The monoisotopic (exact) mass is 1210 g/mol. The van der Waals surface area contributed by atoms with Crippen LogP contribution in [0.3, 0.4) is 0 Å². The van der Waals surface area contributed by atoms with E-state index < -0.39 is 11.7 Å². The summed E-state index contributed by atoms with van der Waals surface area (Å²) in [7, 11) is 0. The van der Waals surface area contributed by atoms with E-state index in [1.165, 1.54) is 129 Å². The molecule has 14 aromatic rings. The molecule has 0 aromatic heterocycles. The molecule has 0 amide bonds. The molecule has 0 nitrogen and oxygen atoms in total. The largest absolute Gasteiger partial charge is 0.416 e. The zero-order valence-corrected chi connectivity index (χ0v) is 52.8. The summed E-state index contributed by atoms with van der Waals surface area (Å²) >= 11 is 0. The van der Waals surface area contributed by atoms with Crippen LogP contribution in [-0.2, 0) is 19.0 Å². The van der Waals surface area contributed by atoms with Crippen LogP contribution in [0.2, 0.25) is 0 Å². The molecule has 0 aliphatic carbocycles. The fraction of sp³-hybridized carbons (Fsp3) is 0.156. The lowest BCUT2D eigenvalue weighted by Crippen LogP contribution is -2.04. The summed E-state index contributed by atoms with van der Waals surface area (Å²) in [6.45, 7) is 6.59. The van der Waals surface area contributed by atoms with Crippen molar-refractivity contribution in [2.45, 2.75) is 91.2 Å². The maximum absolute atomic E-state index is 12.8. The second kappa shape index (κ2) is 27.7. The first kappa shape index (κ1) is 61.1. The van der Waals surface area contributed by atoms with Crippen LogP contribution in [0.4, 0.5) is 13.2 Å². The smallest absolute Gasteiger partial charge is 0.166 e. The lowest BCUT2D eigenvalue weighted by atomic mass is 9.96. The number of alkyl halides is 3. The van der Waals surface area contributed by atoms with E-state index in [4.69, 9.17) is 0 Å². The zero-order valence-electron chi connectivity index (χ0n) is 52.8. The molecule has 0 aliphatic rings. The summed E-state index contributed by atoms with van der Waals surface area (Å²) in [5, 5.41) is 19.0. The van der Waals surface area contributed by atoms with Crippen molar-refractivity contribution in [3.63, 3.8) is 0 Å². The predicted molar refractivity (Wildman–Crippen MR) is 388 cm³/mol. The summed E-state index contributed by atoms with van der Waals surface area (Å²) in [5.41, 5.74) is 10.9. The predicted octanol–water partition coefficient (Wildman–Crippen LogP) is 23.8. The molecule has 0 saturated heterocycles. The average molecular weight is 1210 g/mol. The molecule has 0 unspecified atom stereocenters. The second-order valence-corrected chi connectivity index (χ2v) is 24.7. The second-order valence-electron chi connectivity index (χ2n) is 24.7. The van der Waals surface area contributed by atoms with Gasteiger partial charge in [-0.05, 0) is 312 Å².